The Hall–Kier alpha value is -0.900. The van der Waals surface area contributed by atoms with Gasteiger partial charge in [-0.05, 0) is 30.5 Å². The Morgan fingerprint density at radius 1 is 1.22 bits per heavy atom. The minimum Gasteiger partial charge on any atom is -0.394 e. The number of aliphatic hydroxyl groups excluding tert-OH is 1. The van der Waals surface area contributed by atoms with Crippen LogP contribution in [0.25, 0.3) is 0 Å². The molecule has 1 aliphatic rings. The van der Waals surface area contributed by atoms with Crippen LogP contribution in [0, 0.1) is 0 Å². The van der Waals surface area contributed by atoms with Gasteiger partial charge in [-0.1, -0.05) is 31.2 Å². The summed E-state index contributed by atoms with van der Waals surface area (Å²) < 4.78 is 0. The van der Waals surface area contributed by atoms with Gasteiger partial charge in [0.2, 0.25) is 0 Å². The maximum Gasteiger partial charge on any atom is 0.0628 e. The second-order valence-corrected chi connectivity index (χ2v) is 4.93. The van der Waals surface area contributed by atoms with Crippen LogP contribution >= 0.6 is 0 Å². The topological polar surface area (TPSA) is 35.5 Å². The van der Waals surface area contributed by atoms with Crippen LogP contribution in [-0.4, -0.2) is 42.8 Å². The molecule has 3 nitrogen and oxygen atoms in total. The molecule has 1 unspecified atom stereocenters. The highest BCUT2D eigenvalue weighted by atomic mass is 16.3. The Morgan fingerprint density at radius 3 is 2.67 bits per heavy atom. The fourth-order valence-electron chi connectivity index (χ4n) is 2.59. The van der Waals surface area contributed by atoms with Crippen molar-refractivity contribution in [3.05, 3.63) is 35.4 Å². The van der Waals surface area contributed by atoms with Crippen LogP contribution in [0.1, 0.15) is 30.5 Å². The molecule has 3 heteroatoms. The van der Waals surface area contributed by atoms with Crippen LogP contribution in [0.5, 0.6) is 0 Å². The van der Waals surface area contributed by atoms with Crippen molar-refractivity contribution in [3.63, 3.8) is 0 Å². The minimum atomic E-state index is 0.149. The predicted octanol–water partition coefficient (Wildman–Crippen LogP) is 1.58. The molecule has 1 aromatic rings. The van der Waals surface area contributed by atoms with Crippen LogP contribution in [0.2, 0.25) is 0 Å². The van der Waals surface area contributed by atoms with Crippen LogP contribution in [0.15, 0.2) is 24.3 Å². The number of aryl methyl sites for hydroxylation is 1. The van der Waals surface area contributed by atoms with Crippen LogP contribution in [0.3, 0.4) is 0 Å². The summed E-state index contributed by atoms with van der Waals surface area (Å²) >= 11 is 0. The van der Waals surface area contributed by atoms with E-state index in [0.717, 1.165) is 39.0 Å². The molecule has 18 heavy (non-hydrogen) atoms. The molecular formula is C15H24N2O. The Morgan fingerprint density at radius 2 is 2.00 bits per heavy atom. The molecule has 1 aliphatic heterocycles. The maximum absolute atomic E-state index is 9.69. The number of rotatable bonds is 4. The molecule has 100 valence electrons. The molecule has 0 saturated carbocycles. The van der Waals surface area contributed by atoms with E-state index in [1.165, 1.54) is 11.1 Å². The normalized spacial score (nSPS) is 19.4. The number of hydrogen-bond acceptors (Lipinski definition) is 3. The van der Waals surface area contributed by atoms with Gasteiger partial charge < -0.3 is 10.4 Å². The largest absolute Gasteiger partial charge is 0.394 e. The number of nitrogens with one attached hydrogen (secondary N) is 1. The number of hydrogen-bond donors (Lipinski definition) is 2. The first-order chi connectivity index (χ1) is 8.85. The van der Waals surface area contributed by atoms with E-state index in [1.807, 2.05) is 0 Å². The van der Waals surface area contributed by atoms with E-state index < -0.39 is 0 Å². The summed E-state index contributed by atoms with van der Waals surface area (Å²) in [6.45, 7) is 6.55. The minimum absolute atomic E-state index is 0.149. The van der Waals surface area contributed by atoms with Crippen molar-refractivity contribution in [3.8, 4) is 0 Å². The van der Waals surface area contributed by atoms with E-state index in [4.69, 9.17) is 0 Å². The highest BCUT2D eigenvalue weighted by Gasteiger charge is 2.20. The fourth-order valence-corrected chi connectivity index (χ4v) is 2.59. The van der Waals surface area contributed by atoms with Gasteiger partial charge in [-0.25, -0.2) is 0 Å². The van der Waals surface area contributed by atoms with Gasteiger partial charge in [0.05, 0.1) is 12.6 Å². The SMILES string of the molecule is CCc1ccc(C(CO)N2CCCNCC2)cc1. The smallest absolute Gasteiger partial charge is 0.0628 e. The van der Waals surface area contributed by atoms with E-state index in [-0.39, 0.29) is 12.6 Å². The van der Waals surface area contributed by atoms with Crippen molar-refractivity contribution in [2.45, 2.75) is 25.8 Å². The summed E-state index contributed by atoms with van der Waals surface area (Å²) in [6.07, 6.45) is 2.22. The molecule has 1 fully saturated rings. The molecule has 0 spiro atoms. The van der Waals surface area contributed by atoms with Gasteiger partial charge in [0, 0.05) is 19.6 Å². The molecule has 0 aromatic heterocycles. The average molecular weight is 248 g/mol. The molecule has 0 aliphatic carbocycles. The van der Waals surface area contributed by atoms with E-state index in [9.17, 15) is 5.11 Å². The number of benzene rings is 1. The Balaban J connectivity index is 2.10. The van der Waals surface area contributed by atoms with Gasteiger partial charge in [-0.15, -0.1) is 0 Å². The van der Waals surface area contributed by atoms with Crippen LogP contribution < -0.4 is 5.32 Å². The van der Waals surface area contributed by atoms with Crippen molar-refractivity contribution in [1.82, 2.24) is 10.2 Å². The molecule has 2 rings (SSSR count). The first kappa shape index (κ1) is 13.5. The summed E-state index contributed by atoms with van der Waals surface area (Å²) in [7, 11) is 0. The third kappa shape index (κ3) is 3.31. The van der Waals surface area contributed by atoms with E-state index in [2.05, 4.69) is 41.4 Å². The second-order valence-electron chi connectivity index (χ2n) is 4.93. The Labute approximate surface area is 110 Å². The van der Waals surface area contributed by atoms with Gasteiger partial charge in [0.15, 0.2) is 0 Å². The van der Waals surface area contributed by atoms with Gasteiger partial charge in [0.1, 0.15) is 0 Å². The lowest BCUT2D eigenvalue weighted by Crippen LogP contribution is -2.34. The summed E-state index contributed by atoms with van der Waals surface area (Å²) in [4.78, 5) is 2.39. The lowest BCUT2D eigenvalue weighted by atomic mass is 10.0. The second kappa shape index (κ2) is 6.88. The summed E-state index contributed by atoms with van der Waals surface area (Å²) in [5, 5.41) is 13.1. The van der Waals surface area contributed by atoms with Gasteiger partial charge >= 0.3 is 0 Å². The third-order valence-corrected chi connectivity index (χ3v) is 3.76. The van der Waals surface area contributed by atoms with Crippen molar-refractivity contribution < 1.29 is 5.11 Å². The highest BCUT2D eigenvalue weighted by Crippen LogP contribution is 2.21. The molecule has 2 N–H and O–H groups in total. The molecule has 0 amide bonds. The molecule has 1 atom stereocenters. The zero-order valence-corrected chi connectivity index (χ0v) is 11.2. The van der Waals surface area contributed by atoms with Crippen LogP contribution in [0.4, 0.5) is 0 Å². The molecule has 1 aromatic carbocycles. The monoisotopic (exact) mass is 248 g/mol. The molecule has 0 bridgehead atoms. The predicted molar refractivity (Wildman–Crippen MR) is 74.7 cm³/mol. The van der Waals surface area contributed by atoms with Gasteiger partial charge in [0.25, 0.3) is 0 Å². The molecule has 0 radical (unpaired) electrons. The van der Waals surface area contributed by atoms with Crippen molar-refractivity contribution in [2.24, 2.45) is 0 Å². The average Bonchev–Trinajstić information content (AvgIpc) is 2.70. The lowest BCUT2D eigenvalue weighted by Gasteiger charge is -2.29. The summed E-state index contributed by atoms with van der Waals surface area (Å²) in [5.74, 6) is 0. The zero-order chi connectivity index (χ0) is 12.8. The molecule has 1 saturated heterocycles. The fraction of sp³-hybridized carbons (Fsp3) is 0.600. The van der Waals surface area contributed by atoms with E-state index >= 15 is 0 Å². The first-order valence-corrected chi connectivity index (χ1v) is 6.99. The molecule has 1 heterocycles. The lowest BCUT2D eigenvalue weighted by molar-refractivity contribution is 0.130. The highest BCUT2D eigenvalue weighted by molar-refractivity contribution is 5.25. The van der Waals surface area contributed by atoms with Gasteiger partial charge in [-0.2, -0.15) is 0 Å². The molecular weight excluding hydrogens is 224 g/mol. The van der Waals surface area contributed by atoms with Crippen LogP contribution in [-0.2, 0) is 6.42 Å². The summed E-state index contributed by atoms with van der Waals surface area (Å²) in [6, 6.07) is 8.83. The summed E-state index contributed by atoms with van der Waals surface area (Å²) in [5.41, 5.74) is 2.59. The third-order valence-electron chi connectivity index (χ3n) is 3.76. The van der Waals surface area contributed by atoms with Crippen molar-refractivity contribution in [2.75, 3.05) is 32.8 Å². The van der Waals surface area contributed by atoms with E-state index in [0.29, 0.717) is 0 Å². The van der Waals surface area contributed by atoms with Crippen molar-refractivity contribution in [1.29, 1.82) is 0 Å². The Kier molecular flexibility index (Phi) is 5.17. The Bertz CT molecular complexity index is 342. The zero-order valence-electron chi connectivity index (χ0n) is 11.2. The van der Waals surface area contributed by atoms with Crippen molar-refractivity contribution >= 4 is 0 Å². The van der Waals surface area contributed by atoms with Gasteiger partial charge in [-0.3, -0.25) is 4.90 Å². The number of nitrogens with zero attached hydrogens (tertiary/aromatic N) is 1. The maximum atomic E-state index is 9.69. The van der Waals surface area contributed by atoms with E-state index in [1.54, 1.807) is 0 Å². The first-order valence-electron chi connectivity index (χ1n) is 6.99. The quantitative estimate of drug-likeness (QED) is 0.849. The standard InChI is InChI=1S/C15H24N2O/c1-2-13-4-6-14(7-5-13)15(12-18)17-10-3-8-16-9-11-17/h4-7,15-16,18H,2-3,8-12H2,1H3. The number of aliphatic hydroxyl groups is 1.